The lowest BCUT2D eigenvalue weighted by molar-refractivity contribution is 0.194. The lowest BCUT2D eigenvalue weighted by Gasteiger charge is -2.16. The molecule has 5 nitrogen and oxygen atoms in total. The van der Waals surface area contributed by atoms with Crippen molar-refractivity contribution in [3.05, 3.63) is 22.8 Å². The predicted molar refractivity (Wildman–Crippen MR) is 63.9 cm³/mol. The van der Waals surface area contributed by atoms with Gasteiger partial charge in [0.2, 0.25) is 0 Å². The fraction of sp³-hybridized carbons (Fsp3) is 0.417. The van der Waals surface area contributed by atoms with Gasteiger partial charge in [0.25, 0.3) is 0 Å². The van der Waals surface area contributed by atoms with Gasteiger partial charge in [-0.1, -0.05) is 0 Å². The van der Waals surface area contributed by atoms with Crippen molar-refractivity contribution in [3.8, 4) is 11.5 Å². The van der Waals surface area contributed by atoms with Crippen LogP contribution in [0.1, 0.15) is 16.7 Å². The van der Waals surface area contributed by atoms with Crippen molar-refractivity contribution in [3.63, 3.8) is 0 Å². The predicted octanol–water partition coefficient (Wildman–Crippen LogP) is 2.09. The Hall–Kier alpha value is -1.91. The lowest BCUT2D eigenvalue weighted by Crippen LogP contribution is -2.20. The van der Waals surface area contributed by atoms with Crippen LogP contribution in [0.3, 0.4) is 0 Å². The van der Waals surface area contributed by atoms with Crippen LogP contribution >= 0.6 is 0 Å². The van der Waals surface area contributed by atoms with Crippen LogP contribution in [0.5, 0.6) is 11.5 Å². The molecular formula is C12H17NO4. The highest BCUT2D eigenvalue weighted by atomic mass is 16.5. The fourth-order valence-electron chi connectivity index (χ4n) is 1.73. The topological polar surface area (TPSA) is 67.8 Å². The fourth-order valence-corrected chi connectivity index (χ4v) is 1.73. The summed E-state index contributed by atoms with van der Waals surface area (Å²) in [5, 5.41) is 10.9. The van der Waals surface area contributed by atoms with Gasteiger partial charge in [0.1, 0.15) is 11.5 Å². The minimum Gasteiger partial charge on any atom is -0.496 e. The molecule has 0 radical (unpaired) electrons. The minimum absolute atomic E-state index is 0.190. The number of hydrogen-bond donors (Lipinski definition) is 2. The molecule has 0 aliphatic heterocycles. The Morgan fingerprint density at radius 1 is 1.29 bits per heavy atom. The monoisotopic (exact) mass is 239 g/mol. The Kier molecular flexibility index (Phi) is 4.20. The van der Waals surface area contributed by atoms with E-state index in [9.17, 15) is 4.79 Å². The number of rotatable bonds is 4. The van der Waals surface area contributed by atoms with Crippen LogP contribution in [0.2, 0.25) is 0 Å². The molecular weight excluding hydrogens is 222 g/mol. The van der Waals surface area contributed by atoms with Crippen molar-refractivity contribution in [2.45, 2.75) is 20.4 Å². The van der Waals surface area contributed by atoms with E-state index < -0.39 is 6.09 Å². The Bertz CT molecular complexity index is 429. The molecule has 0 saturated heterocycles. The van der Waals surface area contributed by atoms with E-state index in [0.717, 1.165) is 22.4 Å². The Morgan fingerprint density at radius 3 is 2.41 bits per heavy atom. The average Bonchev–Trinajstić information content (AvgIpc) is 2.30. The molecule has 0 atom stereocenters. The number of methoxy groups -OCH3 is 2. The van der Waals surface area contributed by atoms with Crippen LogP contribution < -0.4 is 14.8 Å². The molecule has 1 amide bonds. The van der Waals surface area contributed by atoms with Crippen molar-refractivity contribution >= 4 is 6.09 Å². The molecule has 1 aromatic carbocycles. The maximum absolute atomic E-state index is 10.5. The van der Waals surface area contributed by atoms with Crippen LogP contribution in [0.15, 0.2) is 6.07 Å². The molecule has 0 aliphatic carbocycles. The van der Waals surface area contributed by atoms with E-state index >= 15 is 0 Å². The highest BCUT2D eigenvalue weighted by Gasteiger charge is 2.14. The van der Waals surface area contributed by atoms with Gasteiger partial charge in [-0.2, -0.15) is 0 Å². The summed E-state index contributed by atoms with van der Waals surface area (Å²) in [5.41, 5.74) is 2.70. The van der Waals surface area contributed by atoms with Gasteiger partial charge in [-0.15, -0.1) is 0 Å². The summed E-state index contributed by atoms with van der Waals surface area (Å²) in [6.45, 7) is 4.04. The number of ether oxygens (including phenoxy) is 2. The van der Waals surface area contributed by atoms with E-state index in [1.807, 2.05) is 13.8 Å². The number of carbonyl (C=O) groups is 1. The van der Waals surface area contributed by atoms with Gasteiger partial charge in [-0.25, -0.2) is 4.79 Å². The molecule has 0 saturated carbocycles. The van der Waals surface area contributed by atoms with Crippen LogP contribution in [0, 0.1) is 13.8 Å². The van der Waals surface area contributed by atoms with Crippen LogP contribution in [0.25, 0.3) is 0 Å². The SMILES string of the molecule is COc1cc(CNC(=O)O)c(OC)c(C)c1C. The van der Waals surface area contributed by atoms with Gasteiger partial charge >= 0.3 is 6.09 Å². The van der Waals surface area contributed by atoms with E-state index in [-0.39, 0.29) is 6.54 Å². The van der Waals surface area contributed by atoms with Gasteiger partial charge in [-0.05, 0) is 31.0 Å². The minimum atomic E-state index is -1.07. The van der Waals surface area contributed by atoms with Crippen molar-refractivity contribution in [1.82, 2.24) is 5.32 Å². The van der Waals surface area contributed by atoms with Gasteiger partial charge in [0.15, 0.2) is 0 Å². The zero-order chi connectivity index (χ0) is 13.0. The first kappa shape index (κ1) is 13.2. The quantitative estimate of drug-likeness (QED) is 0.844. The molecule has 0 spiro atoms. The van der Waals surface area contributed by atoms with Gasteiger partial charge in [0.05, 0.1) is 14.2 Å². The summed E-state index contributed by atoms with van der Waals surface area (Å²) in [6.07, 6.45) is -1.07. The third-order valence-corrected chi connectivity index (χ3v) is 2.72. The number of carboxylic acid groups (broad SMARTS) is 1. The molecule has 1 rings (SSSR count). The van der Waals surface area contributed by atoms with Crippen molar-refractivity contribution in [2.75, 3.05) is 14.2 Å². The number of nitrogens with one attached hydrogen (secondary N) is 1. The van der Waals surface area contributed by atoms with Crippen molar-refractivity contribution < 1.29 is 19.4 Å². The molecule has 5 heteroatoms. The summed E-state index contributed by atoms with van der Waals surface area (Å²) in [5.74, 6) is 1.42. The standard InChI is InChI=1S/C12H17NO4/c1-7-8(2)11(17-4)9(5-10(7)16-3)6-13-12(14)15/h5,13H,6H2,1-4H3,(H,14,15). The molecule has 1 aromatic rings. The van der Waals surface area contributed by atoms with Gasteiger partial charge in [0, 0.05) is 12.1 Å². The van der Waals surface area contributed by atoms with E-state index in [1.165, 1.54) is 0 Å². The van der Waals surface area contributed by atoms with Crippen LogP contribution in [-0.2, 0) is 6.54 Å². The second-order valence-electron chi connectivity index (χ2n) is 3.68. The third kappa shape index (κ3) is 2.81. The smallest absolute Gasteiger partial charge is 0.404 e. The molecule has 0 aromatic heterocycles. The molecule has 17 heavy (non-hydrogen) atoms. The van der Waals surface area contributed by atoms with E-state index in [0.29, 0.717) is 5.75 Å². The van der Waals surface area contributed by atoms with Crippen molar-refractivity contribution in [2.24, 2.45) is 0 Å². The maximum atomic E-state index is 10.5. The zero-order valence-corrected chi connectivity index (χ0v) is 10.5. The van der Waals surface area contributed by atoms with Crippen molar-refractivity contribution in [1.29, 1.82) is 0 Å². The molecule has 0 heterocycles. The molecule has 2 N–H and O–H groups in total. The summed E-state index contributed by atoms with van der Waals surface area (Å²) in [7, 11) is 3.15. The molecule has 0 bridgehead atoms. The summed E-state index contributed by atoms with van der Waals surface area (Å²) in [6, 6.07) is 1.79. The van der Waals surface area contributed by atoms with Crippen LogP contribution in [-0.4, -0.2) is 25.4 Å². The van der Waals surface area contributed by atoms with E-state index in [1.54, 1.807) is 20.3 Å². The Morgan fingerprint density at radius 2 is 1.94 bits per heavy atom. The first-order valence-electron chi connectivity index (χ1n) is 5.19. The second kappa shape index (κ2) is 5.43. The highest BCUT2D eigenvalue weighted by molar-refractivity contribution is 5.65. The second-order valence-corrected chi connectivity index (χ2v) is 3.68. The molecule has 94 valence electrons. The number of hydrogen-bond acceptors (Lipinski definition) is 3. The zero-order valence-electron chi connectivity index (χ0n) is 10.5. The first-order chi connectivity index (χ1) is 8.01. The number of amides is 1. The maximum Gasteiger partial charge on any atom is 0.404 e. The Balaban J connectivity index is 3.17. The first-order valence-corrected chi connectivity index (χ1v) is 5.19. The van der Waals surface area contributed by atoms with Gasteiger partial charge < -0.3 is 19.9 Å². The molecule has 0 aliphatic rings. The number of benzene rings is 1. The summed E-state index contributed by atoms with van der Waals surface area (Å²) in [4.78, 5) is 10.5. The normalized spacial score (nSPS) is 9.88. The lowest BCUT2D eigenvalue weighted by atomic mass is 10.0. The summed E-state index contributed by atoms with van der Waals surface area (Å²) >= 11 is 0. The summed E-state index contributed by atoms with van der Waals surface area (Å²) < 4.78 is 10.5. The average molecular weight is 239 g/mol. The largest absolute Gasteiger partial charge is 0.496 e. The Labute approximate surface area is 100 Å². The van der Waals surface area contributed by atoms with E-state index in [2.05, 4.69) is 5.32 Å². The van der Waals surface area contributed by atoms with E-state index in [4.69, 9.17) is 14.6 Å². The third-order valence-electron chi connectivity index (χ3n) is 2.72. The highest BCUT2D eigenvalue weighted by Crippen LogP contribution is 2.33. The van der Waals surface area contributed by atoms with Crippen LogP contribution in [0.4, 0.5) is 4.79 Å². The molecule has 0 fully saturated rings. The van der Waals surface area contributed by atoms with Gasteiger partial charge in [-0.3, -0.25) is 0 Å². The molecule has 0 unspecified atom stereocenters.